The highest BCUT2D eigenvalue weighted by molar-refractivity contribution is 5.32. The molecule has 2 aliphatic heterocycles. The second-order valence-corrected chi connectivity index (χ2v) is 6.94. The molecule has 0 unspecified atom stereocenters. The Bertz CT molecular complexity index is 694. The number of likely N-dealkylation sites (tertiary alicyclic amines) is 1. The predicted octanol–water partition coefficient (Wildman–Crippen LogP) is 2.33. The van der Waals surface area contributed by atoms with Crippen molar-refractivity contribution in [2.75, 3.05) is 32.1 Å². The maximum absolute atomic E-state index is 6.22. The van der Waals surface area contributed by atoms with Crippen LogP contribution in [0.1, 0.15) is 18.4 Å². The van der Waals surface area contributed by atoms with Gasteiger partial charge in [-0.05, 0) is 24.1 Å². The third-order valence-corrected chi connectivity index (χ3v) is 5.08. The Morgan fingerprint density at radius 1 is 1.32 bits per heavy atom. The third-order valence-electron chi connectivity index (χ3n) is 5.08. The van der Waals surface area contributed by atoms with Crippen molar-refractivity contribution in [3.63, 3.8) is 0 Å². The number of methoxy groups -OCH3 is 1. The highest BCUT2D eigenvalue weighted by atomic mass is 16.5. The van der Waals surface area contributed by atoms with Gasteiger partial charge in [-0.25, -0.2) is 4.98 Å². The van der Waals surface area contributed by atoms with E-state index < -0.39 is 0 Å². The van der Waals surface area contributed by atoms with Gasteiger partial charge in [-0.15, -0.1) is 0 Å². The van der Waals surface area contributed by atoms with E-state index in [1.54, 1.807) is 25.7 Å². The lowest BCUT2D eigenvalue weighted by Gasteiger charge is -2.23. The van der Waals surface area contributed by atoms with E-state index in [-0.39, 0.29) is 5.60 Å². The van der Waals surface area contributed by atoms with Crippen molar-refractivity contribution in [1.82, 2.24) is 14.9 Å². The van der Waals surface area contributed by atoms with Crippen molar-refractivity contribution in [1.29, 1.82) is 0 Å². The van der Waals surface area contributed by atoms with Crippen LogP contribution in [0.5, 0.6) is 5.75 Å². The number of hydrogen-bond donors (Lipinski definition) is 1. The number of nitrogens with one attached hydrogen (secondary N) is 1. The highest BCUT2D eigenvalue weighted by Gasteiger charge is 2.45. The zero-order valence-corrected chi connectivity index (χ0v) is 14.5. The third kappa shape index (κ3) is 3.75. The molecule has 2 aromatic rings. The van der Waals surface area contributed by atoms with Gasteiger partial charge >= 0.3 is 0 Å². The van der Waals surface area contributed by atoms with E-state index in [0.717, 1.165) is 50.7 Å². The maximum Gasteiger partial charge on any atom is 0.144 e. The lowest BCUT2D eigenvalue weighted by molar-refractivity contribution is 0.0120. The Hall–Kier alpha value is -2.18. The fourth-order valence-corrected chi connectivity index (χ4v) is 3.86. The van der Waals surface area contributed by atoms with Crippen LogP contribution >= 0.6 is 0 Å². The molecular formula is C19H24N4O2. The molecule has 0 aliphatic carbocycles. The Balaban J connectivity index is 1.32. The van der Waals surface area contributed by atoms with Crippen LogP contribution in [-0.4, -0.2) is 53.3 Å². The zero-order valence-electron chi connectivity index (χ0n) is 14.5. The molecule has 2 saturated heterocycles. The molecule has 2 fully saturated rings. The summed E-state index contributed by atoms with van der Waals surface area (Å²) >= 11 is 0. The second-order valence-electron chi connectivity index (χ2n) is 6.94. The minimum atomic E-state index is -0.0215. The molecule has 6 nitrogen and oxygen atoms in total. The minimum Gasteiger partial charge on any atom is -0.497 e. The molecule has 25 heavy (non-hydrogen) atoms. The molecule has 0 saturated carbocycles. The normalized spacial score (nSPS) is 26.2. The number of benzene rings is 1. The Morgan fingerprint density at radius 3 is 2.96 bits per heavy atom. The molecule has 0 bridgehead atoms. The molecule has 4 rings (SSSR count). The molecule has 0 radical (unpaired) electrons. The fourth-order valence-electron chi connectivity index (χ4n) is 3.86. The van der Waals surface area contributed by atoms with Gasteiger partial charge in [0, 0.05) is 38.4 Å². The molecule has 132 valence electrons. The van der Waals surface area contributed by atoms with Gasteiger partial charge in [0.25, 0.3) is 0 Å². The van der Waals surface area contributed by atoms with Crippen LogP contribution in [0.15, 0.2) is 42.9 Å². The topological polar surface area (TPSA) is 59.5 Å². The van der Waals surface area contributed by atoms with E-state index >= 15 is 0 Å². The van der Waals surface area contributed by atoms with Gasteiger partial charge in [-0.1, -0.05) is 12.1 Å². The Kier molecular flexibility index (Phi) is 4.55. The lowest BCUT2D eigenvalue weighted by Crippen LogP contribution is -2.33. The SMILES string of the molecule is COc1ccc(CN2CC[C@]3(C[C@@H](Nc4cnccn4)CO3)C2)cc1. The van der Waals surface area contributed by atoms with E-state index in [4.69, 9.17) is 9.47 Å². The molecule has 2 aliphatic rings. The summed E-state index contributed by atoms with van der Waals surface area (Å²) in [5.74, 6) is 1.72. The fraction of sp³-hybridized carbons (Fsp3) is 0.474. The first-order valence-electron chi connectivity index (χ1n) is 8.76. The molecule has 1 aromatic carbocycles. The van der Waals surface area contributed by atoms with Crippen LogP contribution in [0.4, 0.5) is 5.82 Å². The number of ether oxygens (including phenoxy) is 2. The van der Waals surface area contributed by atoms with Crippen molar-refractivity contribution in [3.05, 3.63) is 48.4 Å². The van der Waals surface area contributed by atoms with Gasteiger partial charge in [0.1, 0.15) is 11.6 Å². The number of hydrogen-bond acceptors (Lipinski definition) is 6. The first-order chi connectivity index (χ1) is 12.2. The summed E-state index contributed by atoms with van der Waals surface area (Å²) in [4.78, 5) is 10.9. The molecule has 1 aromatic heterocycles. The number of aromatic nitrogens is 2. The standard InChI is InChI=1S/C19H24N4O2/c1-24-17-4-2-15(3-5-17)12-23-9-6-19(14-23)10-16(13-25-19)22-18-11-20-7-8-21-18/h2-5,7-8,11,16H,6,9-10,12-14H2,1H3,(H,21,22)/t16-,19+/m1/s1. The van der Waals surface area contributed by atoms with E-state index in [9.17, 15) is 0 Å². The molecule has 2 atom stereocenters. The number of rotatable bonds is 5. The summed E-state index contributed by atoms with van der Waals surface area (Å²) in [7, 11) is 1.70. The average Bonchev–Trinajstić information content (AvgIpc) is 3.23. The van der Waals surface area contributed by atoms with Crippen molar-refractivity contribution in [3.8, 4) is 5.75 Å². The summed E-state index contributed by atoms with van der Waals surface area (Å²) in [6.45, 7) is 3.74. The Morgan fingerprint density at radius 2 is 2.20 bits per heavy atom. The van der Waals surface area contributed by atoms with Gasteiger partial charge in [-0.2, -0.15) is 0 Å². The van der Waals surface area contributed by atoms with Crippen LogP contribution in [0.3, 0.4) is 0 Å². The van der Waals surface area contributed by atoms with Crippen LogP contribution in [0.25, 0.3) is 0 Å². The van der Waals surface area contributed by atoms with Gasteiger partial charge in [-0.3, -0.25) is 9.88 Å². The van der Waals surface area contributed by atoms with Crippen LogP contribution in [0.2, 0.25) is 0 Å². The van der Waals surface area contributed by atoms with Gasteiger partial charge in [0.15, 0.2) is 0 Å². The predicted molar refractivity (Wildman–Crippen MR) is 95.6 cm³/mol. The van der Waals surface area contributed by atoms with Crippen LogP contribution < -0.4 is 10.1 Å². The van der Waals surface area contributed by atoms with Crippen molar-refractivity contribution >= 4 is 5.82 Å². The van der Waals surface area contributed by atoms with Crippen molar-refractivity contribution in [2.45, 2.75) is 31.0 Å². The van der Waals surface area contributed by atoms with E-state index in [1.165, 1.54) is 5.56 Å². The van der Waals surface area contributed by atoms with E-state index in [2.05, 4.69) is 32.3 Å². The van der Waals surface area contributed by atoms with E-state index in [0.29, 0.717) is 6.04 Å². The summed E-state index contributed by atoms with van der Waals surface area (Å²) < 4.78 is 11.4. The molecule has 1 N–H and O–H groups in total. The van der Waals surface area contributed by atoms with Gasteiger partial charge in [0.2, 0.25) is 0 Å². The molecule has 6 heteroatoms. The number of anilines is 1. The molecule has 3 heterocycles. The average molecular weight is 340 g/mol. The second kappa shape index (κ2) is 6.98. The lowest BCUT2D eigenvalue weighted by atomic mass is 9.97. The minimum absolute atomic E-state index is 0.0215. The van der Waals surface area contributed by atoms with Gasteiger partial charge in [0.05, 0.1) is 31.6 Å². The van der Waals surface area contributed by atoms with Crippen molar-refractivity contribution < 1.29 is 9.47 Å². The molecular weight excluding hydrogens is 316 g/mol. The smallest absolute Gasteiger partial charge is 0.144 e. The van der Waals surface area contributed by atoms with Crippen LogP contribution in [0, 0.1) is 0 Å². The van der Waals surface area contributed by atoms with Gasteiger partial charge < -0.3 is 14.8 Å². The number of nitrogens with zero attached hydrogens (tertiary/aromatic N) is 3. The monoisotopic (exact) mass is 340 g/mol. The first kappa shape index (κ1) is 16.3. The molecule has 1 spiro atoms. The summed E-state index contributed by atoms with van der Waals surface area (Å²) in [6, 6.07) is 8.62. The van der Waals surface area contributed by atoms with E-state index in [1.807, 2.05) is 12.1 Å². The zero-order chi connectivity index (χ0) is 17.1. The highest BCUT2D eigenvalue weighted by Crippen LogP contribution is 2.36. The summed E-state index contributed by atoms with van der Waals surface area (Å²) in [5.41, 5.74) is 1.29. The van der Waals surface area contributed by atoms with Crippen LogP contribution in [-0.2, 0) is 11.3 Å². The quantitative estimate of drug-likeness (QED) is 0.901. The summed E-state index contributed by atoms with van der Waals surface area (Å²) in [6.07, 6.45) is 7.26. The first-order valence-corrected chi connectivity index (χ1v) is 8.76. The Labute approximate surface area is 148 Å². The largest absolute Gasteiger partial charge is 0.497 e. The van der Waals surface area contributed by atoms with Crippen molar-refractivity contribution in [2.24, 2.45) is 0 Å². The molecule has 0 amide bonds. The summed E-state index contributed by atoms with van der Waals surface area (Å²) in [5, 5.41) is 3.44. The maximum atomic E-state index is 6.22.